The maximum Gasteiger partial charge on any atom is 0.0317 e. The van der Waals surface area contributed by atoms with Gasteiger partial charge in [-0.15, -0.1) is 0 Å². The van der Waals surface area contributed by atoms with Gasteiger partial charge in [-0.1, -0.05) is 12.1 Å². The Morgan fingerprint density at radius 3 is 1.68 bits per heavy atom. The molecule has 2 aliphatic carbocycles. The lowest BCUT2D eigenvalue weighted by atomic mass is 9.76. The summed E-state index contributed by atoms with van der Waals surface area (Å²) in [6.07, 6.45) is 4.71. The SMILES string of the molecule is Nc1ccc2c(c1)C1(CC2)CCc2ccc(N)cc21. The normalized spacial score (nSPS) is 18.5. The standard InChI is InChI=1S/C17H18N2/c18-13-3-1-11-5-7-17(15(11)9-13)8-6-12-2-4-14(19)10-16(12)17/h1-4,9-10H,5-8,18-19H2. The third kappa shape index (κ3) is 1.37. The minimum Gasteiger partial charge on any atom is -0.399 e. The molecule has 0 radical (unpaired) electrons. The predicted molar refractivity (Wildman–Crippen MR) is 79.1 cm³/mol. The summed E-state index contributed by atoms with van der Waals surface area (Å²) >= 11 is 0. The van der Waals surface area contributed by atoms with Crippen LogP contribution < -0.4 is 11.5 Å². The largest absolute Gasteiger partial charge is 0.399 e. The molecule has 4 N–H and O–H groups in total. The number of aryl methyl sites for hydroxylation is 2. The average Bonchev–Trinajstić information content (AvgIpc) is 2.94. The molecule has 2 aliphatic rings. The lowest BCUT2D eigenvalue weighted by Crippen LogP contribution is -2.21. The second-order valence-electron chi connectivity index (χ2n) is 5.92. The van der Waals surface area contributed by atoms with Crippen LogP contribution in [0.5, 0.6) is 0 Å². The Morgan fingerprint density at radius 2 is 1.21 bits per heavy atom. The molecule has 0 aliphatic heterocycles. The van der Waals surface area contributed by atoms with Crippen molar-refractivity contribution in [2.45, 2.75) is 31.1 Å². The van der Waals surface area contributed by atoms with E-state index < -0.39 is 0 Å². The van der Waals surface area contributed by atoms with Crippen LogP contribution in [0, 0.1) is 0 Å². The number of nitrogens with two attached hydrogens (primary N) is 2. The molecule has 0 bridgehead atoms. The molecule has 1 spiro atoms. The molecule has 19 heavy (non-hydrogen) atoms. The van der Waals surface area contributed by atoms with Crippen molar-refractivity contribution in [3.63, 3.8) is 0 Å². The van der Waals surface area contributed by atoms with Gasteiger partial charge in [0.15, 0.2) is 0 Å². The summed E-state index contributed by atoms with van der Waals surface area (Å²) in [5.41, 5.74) is 19.7. The quantitative estimate of drug-likeness (QED) is 0.706. The number of hydrogen-bond donors (Lipinski definition) is 2. The highest BCUT2D eigenvalue weighted by atomic mass is 14.6. The number of nitrogen functional groups attached to an aromatic ring is 2. The van der Waals surface area contributed by atoms with Gasteiger partial charge in [0.1, 0.15) is 0 Å². The van der Waals surface area contributed by atoms with Crippen molar-refractivity contribution >= 4 is 11.4 Å². The zero-order valence-electron chi connectivity index (χ0n) is 10.9. The summed E-state index contributed by atoms with van der Waals surface area (Å²) < 4.78 is 0. The van der Waals surface area contributed by atoms with Crippen LogP contribution in [0.1, 0.15) is 35.1 Å². The minimum atomic E-state index is 0.176. The Labute approximate surface area is 113 Å². The third-order valence-corrected chi connectivity index (χ3v) is 4.94. The summed E-state index contributed by atoms with van der Waals surface area (Å²) in [5, 5.41) is 0. The van der Waals surface area contributed by atoms with Crippen LogP contribution in [0.15, 0.2) is 36.4 Å². The first-order chi connectivity index (χ1) is 9.19. The molecule has 4 rings (SSSR count). The second-order valence-corrected chi connectivity index (χ2v) is 5.92. The third-order valence-electron chi connectivity index (χ3n) is 4.94. The maximum atomic E-state index is 6.01. The molecule has 2 heteroatoms. The topological polar surface area (TPSA) is 52.0 Å². The van der Waals surface area contributed by atoms with Crippen molar-refractivity contribution in [2.75, 3.05) is 11.5 Å². The summed E-state index contributed by atoms with van der Waals surface area (Å²) in [5.74, 6) is 0. The van der Waals surface area contributed by atoms with Crippen LogP contribution in [0.3, 0.4) is 0 Å². The molecule has 0 saturated carbocycles. The van der Waals surface area contributed by atoms with Crippen molar-refractivity contribution in [3.8, 4) is 0 Å². The molecule has 2 aromatic carbocycles. The number of fused-ring (bicyclic) bond motifs is 4. The van der Waals surface area contributed by atoms with Crippen LogP contribution >= 0.6 is 0 Å². The van der Waals surface area contributed by atoms with E-state index in [1.54, 1.807) is 0 Å². The summed E-state index contributed by atoms with van der Waals surface area (Å²) in [7, 11) is 0. The highest BCUT2D eigenvalue weighted by molar-refractivity contribution is 5.60. The number of benzene rings is 2. The van der Waals surface area contributed by atoms with Crippen molar-refractivity contribution in [3.05, 3.63) is 58.7 Å². The molecular formula is C17H18N2. The first-order valence-electron chi connectivity index (χ1n) is 6.97. The molecule has 0 aromatic heterocycles. The molecule has 0 heterocycles. The first kappa shape index (κ1) is 10.9. The Hall–Kier alpha value is -1.96. The zero-order valence-corrected chi connectivity index (χ0v) is 10.9. The highest BCUT2D eigenvalue weighted by Crippen LogP contribution is 2.52. The van der Waals surface area contributed by atoms with Crippen LogP contribution in [-0.2, 0) is 18.3 Å². The highest BCUT2D eigenvalue weighted by Gasteiger charge is 2.44. The monoisotopic (exact) mass is 250 g/mol. The van der Waals surface area contributed by atoms with Gasteiger partial charge in [-0.2, -0.15) is 0 Å². The molecule has 2 nitrogen and oxygen atoms in total. The van der Waals surface area contributed by atoms with Gasteiger partial charge in [0.2, 0.25) is 0 Å². The van der Waals surface area contributed by atoms with Gasteiger partial charge in [0.05, 0.1) is 0 Å². The molecule has 0 saturated heterocycles. The predicted octanol–water partition coefficient (Wildman–Crippen LogP) is 3.03. The smallest absolute Gasteiger partial charge is 0.0317 e. The number of anilines is 2. The molecule has 2 aromatic rings. The first-order valence-corrected chi connectivity index (χ1v) is 6.97. The molecular weight excluding hydrogens is 232 g/mol. The average molecular weight is 250 g/mol. The van der Waals surface area contributed by atoms with Gasteiger partial charge in [-0.3, -0.25) is 0 Å². The van der Waals surface area contributed by atoms with Crippen LogP contribution in [-0.4, -0.2) is 0 Å². The van der Waals surface area contributed by atoms with Crippen LogP contribution in [0.25, 0.3) is 0 Å². The van der Waals surface area contributed by atoms with E-state index >= 15 is 0 Å². The Bertz CT molecular complexity index is 613. The molecule has 0 unspecified atom stereocenters. The van der Waals surface area contributed by atoms with E-state index in [9.17, 15) is 0 Å². The Kier molecular flexibility index (Phi) is 2.03. The lowest BCUT2D eigenvalue weighted by Gasteiger charge is -2.27. The van der Waals surface area contributed by atoms with E-state index in [2.05, 4.69) is 24.3 Å². The lowest BCUT2D eigenvalue weighted by molar-refractivity contribution is 0.507. The fourth-order valence-corrected chi connectivity index (χ4v) is 4.02. The molecule has 0 fully saturated rings. The van der Waals surface area contributed by atoms with Gasteiger partial charge in [-0.25, -0.2) is 0 Å². The zero-order chi connectivity index (χ0) is 13.0. The Balaban J connectivity index is 1.97. The van der Waals surface area contributed by atoms with Crippen molar-refractivity contribution in [1.82, 2.24) is 0 Å². The van der Waals surface area contributed by atoms with E-state index in [0.717, 1.165) is 24.2 Å². The fraction of sp³-hybridized carbons (Fsp3) is 0.294. The van der Waals surface area contributed by atoms with Crippen molar-refractivity contribution in [2.24, 2.45) is 0 Å². The second kappa shape index (κ2) is 3.53. The van der Waals surface area contributed by atoms with E-state index in [1.165, 1.54) is 35.1 Å². The minimum absolute atomic E-state index is 0.176. The van der Waals surface area contributed by atoms with Gasteiger partial charge in [0.25, 0.3) is 0 Å². The molecule has 96 valence electrons. The maximum absolute atomic E-state index is 6.01. The van der Waals surface area contributed by atoms with E-state index in [0.29, 0.717) is 0 Å². The number of hydrogen-bond acceptors (Lipinski definition) is 2. The van der Waals surface area contributed by atoms with Gasteiger partial charge in [-0.05, 0) is 72.2 Å². The van der Waals surface area contributed by atoms with Gasteiger partial charge in [0, 0.05) is 16.8 Å². The van der Waals surface area contributed by atoms with Gasteiger partial charge < -0.3 is 11.5 Å². The Morgan fingerprint density at radius 1 is 0.737 bits per heavy atom. The van der Waals surface area contributed by atoms with E-state index in [4.69, 9.17) is 11.5 Å². The summed E-state index contributed by atoms with van der Waals surface area (Å²) in [6, 6.07) is 12.8. The van der Waals surface area contributed by atoms with Crippen molar-refractivity contribution < 1.29 is 0 Å². The fourth-order valence-electron chi connectivity index (χ4n) is 4.02. The van der Waals surface area contributed by atoms with Gasteiger partial charge >= 0.3 is 0 Å². The van der Waals surface area contributed by atoms with Crippen molar-refractivity contribution in [1.29, 1.82) is 0 Å². The number of rotatable bonds is 0. The van der Waals surface area contributed by atoms with E-state index in [1.807, 2.05) is 12.1 Å². The molecule has 0 amide bonds. The summed E-state index contributed by atoms with van der Waals surface area (Å²) in [6.45, 7) is 0. The summed E-state index contributed by atoms with van der Waals surface area (Å²) in [4.78, 5) is 0. The van der Waals surface area contributed by atoms with Crippen LogP contribution in [0.2, 0.25) is 0 Å². The molecule has 0 atom stereocenters. The van der Waals surface area contributed by atoms with E-state index in [-0.39, 0.29) is 5.41 Å². The van der Waals surface area contributed by atoms with Crippen LogP contribution in [0.4, 0.5) is 11.4 Å².